The number of benzene rings is 9. The summed E-state index contributed by atoms with van der Waals surface area (Å²) in [6.07, 6.45) is 0. The van der Waals surface area contributed by atoms with Gasteiger partial charge in [-0.05, 0) is 150 Å². The summed E-state index contributed by atoms with van der Waals surface area (Å²) in [5, 5.41) is 0. The minimum absolute atomic E-state index is 0. The van der Waals surface area contributed by atoms with E-state index in [1.165, 1.54) is 20.3 Å². The Labute approximate surface area is 587 Å². The van der Waals surface area contributed by atoms with Crippen molar-refractivity contribution in [2.75, 3.05) is 16.2 Å². The molecule has 3 heterocycles. The molecule has 12 aromatic rings. The summed E-state index contributed by atoms with van der Waals surface area (Å²) < 4.78 is 63.5. The first-order valence-corrected chi connectivity index (χ1v) is 31.1. The van der Waals surface area contributed by atoms with Gasteiger partial charge in [0.15, 0.2) is 11.5 Å². The number of hydrogen-bond acceptors (Lipinski definition) is 12. The number of halogens is 2. The lowest BCUT2D eigenvalue weighted by atomic mass is 10.1. The van der Waals surface area contributed by atoms with Crippen LogP contribution in [0.5, 0.6) is 34.5 Å². The number of hydrogen-bond donors (Lipinski definition) is 4. The lowest BCUT2D eigenvalue weighted by Crippen LogP contribution is -2.19. The topological polar surface area (TPSA) is 279 Å². The average molecular weight is 1450 g/mol. The minimum Gasteiger partial charge on any atom is -0.489 e. The normalized spacial score (nSPS) is 10.3. The Kier molecular flexibility index (Phi) is 30.9. The van der Waals surface area contributed by atoms with Gasteiger partial charge in [0.2, 0.25) is 0 Å². The van der Waals surface area contributed by atoms with Crippen molar-refractivity contribution < 1.29 is 38.3 Å². The van der Waals surface area contributed by atoms with E-state index in [9.17, 15) is 22.8 Å². The van der Waals surface area contributed by atoms with Gasteiger partial charge in [-0.2, -0.15) is 0 Å². The maximum atomic E-state index is 13.4. The van der Waals surface area contributed by atoms with Gasteiger partial charge in [-0.3, -0.25) is 32.1 Å². The largest absolute Gasteiger partial charge is 0.489 e. The third-order valence-corrected chi connectivity index (χ3v) is 17.6. The number of aryl methyl sites for hydroxylation is 10. The number of thiol groups is 1. The molecule has 0 unspecified atom stereocenters. The Bertz CT molecular complexity index is 4890. The van der Waals surface area contributed by atoms with Gasteiger partial charge in [-0.1, -0.05) is 115 Å². The van der Waals surface area contributed by atoms with Crippen LogP contribution in [0, 0.1) is 27.7 Å². The van der Waals surface area contributed by atoms with Crippen LogP contribution in [0.4, 0.5) is 17.1 Å². The summed E-state index contributed by atoms with van der Waals surface area (Å²) in [6, 6.07) is 55.8. The van der Waals surface area contributed by atoms with Crippen LogP contribution in [0.15, 0.2) is 211 Å². The van der Waals surface area contributed by atoms with Gasteiger partial charge in [0.25, 0.3) is 10.0 Å². The third-order valence-electron chi connectivity index (χ3n) is 15.3. The molecule has 0 atom stereocenters. The molecule has 520 valence electrons. The second kappa shape index (κ2) is 35.9. The molecule has 0 bridgehead atoms. The van der Waals surface area contributed by atoms with Gasteiger partial charge in [0.05, 0.1) is 49.4 Å². The molecule has 0 amide bonds. The molecule has 12 rings (SSSR count). The van der Waals surface area contributed by atoms with E-state index in [1.807, 2.05) is 117 Å². The number of sulfonamides is 1. The second-order valence-electron chi connectivity index (χ2n) is 21.6. The van der Waals surface area contributed by atoms with Crippen LogP contribution in [-0.2, 0) is 65.5 Å². The number of fused-ring (bicyclic) bond motifs is 3. The summed E-state index contributed by atoms with van der Waals surface area (Å²) in [5.74, 6) is 3.10. The number of anilines is 3. The summed E-state index contributed by atoms with van der Waals surface area (Å²) in [5.41, 5.74) is 23.8. The molecule has 0 aliphatic rings. The van der Waals surface area contributed by atoms with Crippen molar-refractivity contribution in [1.82, 2.24) is 27.4 Å². The molecule has 0 aliphatic carbocycles. The Balaban J connectivity index is 0.000000481. The van der Waals surface area contributed by atoms with Crippen molar-refractivity contribution in [1.29, 1.82) is 0 Å². The van der Waals surface area contributed by atoms with Gasteiger partial charge in [0.1, 0.15) is 36.2 Å². The number of nitrogen functional groups attached to an aromatic ring is 2. The first kappa shape index (κ1) is 83.5. The van der Waals surface area contributed by atoms with Gasteiger partial charge < -0.3 is 41.4 Å². The Morgan fingerprint density at radius 1 is 0.433 bits per heavy atom. The highest BCUT2D eigenvalue weighted by atomic mass is 79.9. The van der Waals surface area contributed by atoms with E-state index < -0.39 is 10.0 Å². The molecule has 0 spiro atoms. The number of nitrogens with one attached hydrogen (secondary N) is 1. The summed E-state index contributed by atoms with van der Waals surface area (Å²) in [7, 11) is 6.27. The molecule has 0 fully saturated rings. The number of imidazole rings is 3. The predicted octanol–water partition coefficient (Wildman–Crippen LogP) is 14.6. The van der Waals surface area contributed by atoms with Crippen molar-refractivity contribution in [2.24, 2.45) is 42.3 Å². The minimum atomic E-state index is -3.95. The van der Waals surface area contributed by atoms with E-state index in [-0.39, 0.29) is 86.5 Å². The lowest BCUT2D eigenvalue weighted by Gasteiger charge is -2.16. The van der Waals surface area contributed by atoms with Crippen molar-refractivity contribution >= 4 is 101 Å². The average Bonchev–Trinajstić information content (AvgIpc) is 1.68. The monoisotopic (exact) mass is 1450 g/mol. The predicted molar refractivity (Wildman–Crippen MR) is 407 cm³/mol. The Morgan fingerprint density at radius 2 is 0.804 bits per heavy atom. The van der Waals surface area contributed by atoms with Crippen molar-refractivity contribution in [3.8, 4) is 34.5 Å². The molecule has 97 heavy (non-hydrogen) atoms. The van der Waals surface area contributed by atoms with Crippen LogP contribution < -0.4 is 52.2 Å². The molecular formula is C73H91BrClN9O11S2. The van der Waals surface area contributed by atoms with Gasteiger partial charge in [0, 0.05) is 81.6 Å². The maximum absolute atomic E-state index is 13.4. The van der Waals surface area contributed by atoms with Crippen molar-refractivity contribution in [3.05, 3.63) is 251 Å². The van der Waals surface area contributed by atoms with E-state index in [4.69, 9.17) is 30.4 Å². The fourth-order valence-corrected chi connectivity index (χ4v) is 11.4. The molecule has 3 aromatic heterocycles. The highest BCUT2D eigenvalue weighted by Crippen LogP contribution is 2.37. The van der Waals surface area contributed by atoms with Gasteiger partial charge >= 0.3 is 17.1 Å². The fourth-order valence-electron chi connectivity index (χ4n) is 9.66. The number of nitrogens with two attached hydrogens (primary N) is 2. The fraction of sp³-hybridized carbons (Fsp3) is 0.219. The molecule has 20 nitrogen and oxygen atoms in total. The third kappa shape index (κ3) is 19.5. The van der Waals surface area contributed by atoms with Crippen LogP contribution in [0.2, 0.25) is 0 Å². The summed E-state index contributed by atoms with van der Waals surface area (Å²) in [6.45, 7) is 8.85. The first-order chi connectivity index (χ1) is 42.9. The summed E-state index contributed by atoms with van der Waals surface area (Å²) in [4.78, 5) is 37.5. The molecular weight excluding hydrogens is 1360 g/mol. The molecule has 0 radical (unpaired) electrons. The first-order valence-electron chi connectivity index (χ1n) is 28.4. The van der Waals surface area contributed by atoms with E-state index in [0.29, 0.717) is 64.4 Å². The number of rotatable bonds is 13. The smallest absolute Gasteiger partial charge is 0.328 e. The van der Waals surface area contributed by atoms with E-state index in [0.717, 1.165) is 53.7 Å². The molecule has 24 heteroatoms. The van der Waals surface area contributed by atoms with Crippen LogP contribution in [0.1, 0.15) is 63.1 Å². The number of nitrogens with zero attached hydrogens (tertiary/aromatic N) is 6. The van der Waals surface area contributed by atoms with E-state index in [1.54, 1.807) is 127 Å². The Morgan fingerprint density at radius 3 is 1.24 bits per heavy atom. The SMILES string of the molecule is C.C.C.C.Cc1ccc(S(=O)(=O)Nc2cc3c(cc2Oc2cccc(OCc4ccccc4)c2)n(C)c(=O)n3C)cc1C.Cc1ccc(S)cc1C.Cl.Cn1c(=O)n(C)c2cc(Br)c(N)cc21.Cn1c(=O)n(C)c2cc(Oc3cccc(OCc4ccccc4)c3)c(N)cc21.O.O. The second-order valence-corrected chi connectivity index (χ2v) is 24.7. The molecule has 0 saturated heterocycles. The molecule has 9 aromatic carbocycles. The maximum Gasteiger partial charge on any atom is 0.328 e. The molecule has 0 aliphatic heterocycles. The number of ether oxygens (including phenoxy) is 4. The van der Waals surface area contributed by atoms with Gasteiger partial charge in [-0.15, -0.1) is 25.0 Å². The van der Waals surface area contributed by atoms with E-state index >= 15 is 0 Å². The van der Waals surface area contributed by atoms with Crippen LogP contribution in [0.3, 0.4) is 0 Å². The highest BCUT2D eigenvalue weighted by Gasteiger charge is 2.22. The highest BCUT2D eigenvalue weighted by molar-refractivity contribution is 9.10. The summed E-state index contributed by atoms with van der Waals surface area (Å²) >= 11 is 7.54. The zero-order chi connectivity index (χ0) is 64.7. The Hall–Kier alpha value is -9.62. The number of aromatic nitrogens is 6. The van der Waals surface area contributed by atoms with Crippen molar-refractivity contribution in [3.63, 3.8) is 0 Å². The quantitative estimate of drug-likeness (QED) is 0.0622. The van der Waals surface area contributed by atoms with Crippen LogP contribution >= 0.6 is 41.0 Å². The standard InChI is InChI=1S/C30H29N3O5S.C22H21N3O3.C9H10BrN3O.C8H10S.4CH4.ClH.2H2O/c1-20-13-14-25(15-21(20)2)39(35,36)31-26-17-27-28(33(4)30(34)32(27)3)18-29(26)38-24-12-8-11-23(16-24)37-19-22-9-6-5-7-10-22;1-24-19-12-18(23)21(13-20(19)25(2)22(24)26)28-17-10-6-9-16(11-17)27-14-15-7-4-3-5-8-15;1-12-7-3-5(10)6(11)4-8(7)13(2)9(12)14;1-6-3-4-8(9)5-7(6)2;;;;;;;/h5-18,31H,19H2,1-4H3;3-13H,14,23H2,1-2H3;3-4H,11H2,1-2H3;3-5,9H,1-2H3;4*1H4;1H;2*1H2. The lowest BCUT2D eigenvalue weighted by molar-refractivity contribution is 0.304. The van der Waals surface area contributed by atoms with Crippen LogP contribution in [-0.4, -0.2) is 46.8 Å². The molecule has 0 saturated carbocycles. The zero-order valence-corrected chi connectivity index (χ0v) is 57.0. The van der Waals surface area contributed by atoms with Gasteiger partial charge in [-0.25, -0.2) is 22.8 Å². The van der Waals surface area contributed by atoms with Crippen molar-refractivity contribution in [2.45, 2.75) is 80.4 Å². The zero-order valence-electron chi connectivity index (χ0n) is 52.9. The van der Waals surface area contributed by atoms with Crippen LogP contribution in [0.25, 0.3) is 33.1 Å². The van der Waals surface area contributed by atoms with E-state index in [2.05, 4.69) is 59.3 Å². The molecule has 9 N–H and O–H groups in total.